The molecule has 0 fully saturated rings. The number of hydrogen-bond acceptors (Lipinski definition) is 2. The van der Waals surface area contributed by atoms with Crippen molar-refractivity contribution in [3.8, 4) is 0 Å². The number of hydrogen-bond donors (Lipinski definition) is 0. The first kappa shape index (κ1) is 10.6. The van der Waals surface area contributed by atoms with Gasteiger partial charge in [0.1, 0.15) is 11.8 Å². The Kier molecular flexibility index (Phi) is 5.61. The second-order valence-electron chi connectivity index (χ2n) is 1.75. The molecule has 1 aromatic rings. The van der Waals surface area contributed by atoms with E-state index >= 15 is 0 Å². The Morgan fingerprint density at radius 1 is 1.58 bits per heavy atom. The zero-order valence-corrected chi connectivity index (χ0v) is 7.86. The molecule has 1 heterocycles. The van der Waals surface area contributed by atoms with Crippen LogP contribution in [0.5, 0.6) is 0 Å². The number of nitrogens with zero attached hydrogens (tertiary/aromatic N) is 3. The first-order valence-electron chi connectivity index (χ1n) is 3.96. The molecule has 0 bridgehead atoms. The average Bonchev–Trinajstić information content (AvgIpc) is 2.20. The van der Waals surface area contributed by atoms with E-state index in [1.807, 2.05) is 19.9 Å². The van der Waals surface area contributed by atoms with Crippen LogP contribution in [-0.4, -0.2) is 16.6 Å². The number of aromatic nitrogens is 2. The third-order valence-electron chi connectivity index (χ3n) is 1.19. The zero-order chi connectivity index (χ0) is 9.40. The summed E-state index contributed by atoms with van der Waals surface area (Å²) >= 11 is 0. The van der Waals surface area contributed by atoms with Gasteiger partial charge in [-0.2, -0.15) is 0 Å². The second kappa shape index (κ2) is 6.34. The molecule has 0 spiro atoms. The van der Waals surface area contributed by atoms with Crippen LogP contribution in [0.2, 0.25) is 0 Å². The van der Waals surface area contributed by atoms with Crippen molar-refractivity contribution in [2.45, 2.75) is 13.8 Å². The lowest BCUT2D eigenvalue weighted by atomic mass is 10.6. The largest absolute Gasteiger partial charge is 0.293 e. The Balaban J connectivity index is 0.000000561. The first-order chi connectivity index (χ1) is 5.88. The highest BCUT2D eigenvalue weighted by atomic mass is 15.0. The van der Waals surface area contributed by atoms with Crippen molar-refractivity contribution >= 4 is 6.20 Å². The van der Waals surface area contributed by atoms with Gasteiger partial charge in [0.25, 0.3) is 0 Å². The van der Waals surface area contributed by atoms with Crippen molar-refractivity contribution in [3.05, 3.63) is 30.7 Å². The minimum absolute atomic E-state index is 0.852. The van der Waals surface area contributed by atoms with Crippen LogP contribution in [-0.2, 0) is 0 Å². The Bertz CT molecular complexity index is 286. The molecule has 66 valence electrons. The van der Waals surface area contributed by atoms with Gasteiger partial charge in [-0.1, -0.05) is 20.4 Å². The van der Waals surface area contributed by atoms with Crippen LogP contribution >= 0.6 is 0 Å². The predicted octanol–water partition coefficient (Wildman–Crippen LogP) is 1.54. The van der Waals surface area contributed by atoms with Crippen LogP contribution in [0.4, 0.5) is 0 Å². The molecule has 1 aromatic heterocycles. The SMILES string of the molecule is C=Cn1cnccc1=NC.CC. The van der Waals surface area contributed by atoms with E-state index < -0.39 is 0 Å². The Morgan fingerprint density at radius 2 is 2.25 bits per heavy atom. The minimum atomic E-state index is 0.852. The molecule has 0 saturated heterocycles. The molecule has 0 aliphatic carbocycles. The molecule has 0 aliphatic heterocycles. The van der Waals surface area contributed by atoms with Gasteiger partial charge < -0.3 is 0 Å². The quantitative estimate of drug-likeness (QED) is 0.620. The van der Waals surface area contributed by atoms with Crippen LogP contribution in [0.25, 0.3) is 6.20 Å². The molecule has 12 heavy (non-hydrogen) atoms. The molecule has 3 nitrogen and oxygen atoms in total. The fourth-order valence-electron chi connectivity index (χ4n) is 0.696. The van der Waals surface area contributed by atoms with Crippen molar-refractivity contribution < 1.29 is 0 Å². The van der Waals surface area contributed by atoms with Crippen LogP contribution in [0.1, 0.15) is 13.8 Å². The van der Waals surface area contributed by atoms with Gasteiger partial charge in [-0.15, -0.1) is 0 Å². The molecule has 0 saturated carbocycles. The van der Waals surface area contributed by atoms with Crippen molar-refractivity contribution in [2.75, 3.05) is 7.05 Å². The fourth-order valence-corrected chi connectivity index (χ4v) is 0.696. The van der Waals surface area contributed by atoms with Gasteiger partial charge in [0.15, 0.2) is 0 Å². The highest BCUT2D eigenvalue weighted by molar-refractivity contribution is 5.14. The molecule has 0 unspecified atom stereocenters. The van der Waals surface area contributed by atoms with Gasteiger partial charge in [-0.05, 0) is 6.07 Å². The topological polar surface area (TPSA) is 30.2 Å². The lowest BCUT2D eigenvalue weighted by Crippen LogP contribution is -2.14. The smallest absolute Gasteiger partial charge is 0.134 e. The predicted molar refractivity (Wildman–Crippen MR) is 51.4 cm³/mol. The normalized spacial score (nSPS) is 10.1. The van der Waals surface area contributed by atoms with E-state index in [0.29, 0.717) is 0 Å². The first-order valence-corrected chi connectivity index (χ1v) is 3.96. The molecule has 0 amide bonds. The summed E-state index contributed by atoms with van der Waals surface area (Å²) in [7, 11) is 1.73. The van der Waals surface area contributed by atoms with E-state index in [1.54, 1.807) is 30.3 Å². The maximum Gasteiger partial charge on any atom is 0.134 e. The van der Waals surface area contributed by atoms with Crippen LogP contribution in [0, 0.1) is 0 Å². The van der Waals surface area contributed by atoms with Crippen molar-refractivity contribution in [1.29, 1.82) is 0 Å². The zero-order valence-electron chi connectivity index (χ0n) is 7.86. The summed E-state index contributed by atoms with van der Waals surface area (Å²) in [6.45, 7) is 7.60. The van der Waals surface area contributed by atoms with Gasteiger partial charge in [-0.3, -0.25) is 9.56 Å². The Morgan fingerprint density at radius 3 is 2.67 bits per heavy atom. The number of rotatable bonds is 1. The summed E-state index contributed by atoms with van der Waals surface area (Å²) in [6, 6.07) is 1.82. The van der Waals surface area contributed by atoms with Crippen molar-refractivity contribution in [1.82, 2.24) is 9.55 Å². The summed E-state index contributed by atoms with van der Waals surface area (Å²) < 4.78 is 1.75. The molecular weight excluding hydrogens is 150 g/mol. The van der Waals surface area contributed by atoms with E-state index in [9.17, 15) is 0 Å². The van der Waals surface area contributed by atoms with Gasteiger partial charge >= 0.3 is 0 Å². The average molecular weight is 165 g/mol. The van der Waals surface area contributed by atoms with Crippen molar-refractivity contribution in [3.63, 3.8) is 0 Å². The van der Waals surface area contributed by atoms with Gasteiger partial charge in [-0.25, -0.2) is 4.98 Å². The fraction of sp³-hybridized carbons (Fsp3) is 0.333. The Hall–Kier alpha value is -1.38. The summed E-state index contributed by atoms with van der Waals surface area (Å²) in [5.74, 6) is 0. The van der Waals surface area contributed by atoms with E-state index in [4.69, 9.17) is 0 Å². The second-order valence-corrected chi connectivity index (χ2v) is 1.75. The van der Waals surface area contributed by atoms with E-state index in [1.165, 1.54) is 0 Å². The molecular formula is C9H15N3. The van der Waals surface area contributed by atoms with Crippen molar-refractivity contribution in [2.24, 2.45) is 4.99 Å². The molecule has 0 radical (unpaired) electrons. The summed E-state index contributed by atoms with van der Waals surface area (Å²) in [5.41, 5.74) is 0.852. The van der Waals surface area contributed by atoms with Gasteiger partial charge in [0.2, 0.25) is 0 Å². The molecule has 0 N–H and O–H groups in total. The third-order valence-corrected chi connectivity index (χ3v) is 1.19. The van der Waals surface area contributed by atoms with Crippen LogP contribution in [0.3, 0.4) is 0 Å². The summed E-state index contributed by atoms with van der Waals surface area (Å²) in [5, 5.41) is 0. The maximum atomic E-state index is 3.99. The van der Waals surface area contributed by atoms with E-state index in [0.717, 1.165) is 5.49 Å². The molecule has 1 rings (SSSR count). The molecule has 0 aliphatic rings. The lowest BCUT2D eigenvalue weighted by Gasteiger charge is -1.95. The minimum Gasteiger partial charge on any atom is -0.293 e. The highest BCUT2D eigenvalue weighted by Gasteiger charge is 1.81. The molecule has 3 heteroatoms. The standard InChI is InChI=1S/C7H9N3.C2H6/c1-3-10-6-9-5-4-7(10)8-2;1-2/h3-6H,1H2,2H3;1-2H3. The monoisotopic (exact) mass is 165 g/mol. The van der Waals surface area contributed by atoms with E-state index in [2.05, 4.69) is 16.6 Å². The molecule has 0 aromatic carbocycles. The van der Waals surface area contributed by atoms with Gasteiger partial charge in [0.05, 0.1) is 0 Å². The van der Waals surface area contributed by atoms with Gasteiger partial charge in [0, 0.05) is 19.4 Å². The lowest BCUT2D eigenvalue weighted by molar-refractivity contribution is 0.942. The highest BCUT2D eigenvalue weighted by Crippen LogP contribution is 1.75. The maximum absolute atomic E-state index is 3.99. The van der Waals surface area contributed by atoms with E-state index in [-0.39, 0.29) is 0 Å². The summed E-state index contributed by atoms with van der Waals surface area (Å²) in [6.07, 6.45) is 5.02. The molecule has 0 atom stereocenters. The van der Waals surface area contributed by atoms with Crippen LogP contribution in [0.15, 0.2) is 30.2 Å². The Labute approximate surface area is 73.1 Å². The third kappa shape index (κ3) is 2.70. The summed E-state index contributed by atoms with van der Waals surface area (Å²) in [4.78, 5) is 7.89. The van der Waals surface area contributed by atoms with Crippen LogP contribution < -0.4 is 5.49 Å².